The highest BCUT2D eigenvalue weighted by atomic mass is 16.4. The molecule has 5 heterocycles. The Kier molecular flexibility index (Phi) is 11.3. The zero-order chi connectivity index (χ0) is 38.0. The molecule has 1 amide bonds. The number of hydrogen-bond donors (Lipinski definition) is 7. The molecular weight excluding hydrogens is 664 g/mol. The molecule has 3 aliphatic rings. The summed E-state index contributed by atoms with van der Waals surface area (Å²) in [4.78, 5) is 68.8. The van der Waals surface area contributed by atoms with Gasteiger partial charge in [-0.15, -0.1) is 0 Å². The molecular formula is C39H48N6O7. The van der Waals surface area contributed by atoms with Crippen molar-refractivity contribution in [2.24, 2.45) is 27.6 Å². The summed E-state index contributed by atoms with van der Waals surface area (Å²) in [7, 11) is 0. The van der Waals surface area contributed by atoms with Crippen molar-refractivity contribution in [3.8, 4) is 0 Å². The number of rotatable bonds is 13. The topological polar surface area (TPSA) is 223 Å². The zero-order valence-corrected chi connectivity index (χ0v) is 30.4. The molecule has 0 aromatic carbocycles. The first-order chi connectivity index (χ1) is 24.7. The lowest BCUT2D eigenvalue weighted by molar-refractivity contribution is -0.141. The van der Waals surface area contributed by atoms with Gasteiger partial charge in [0.25, 0.3) is 5.91 Å². The minimum atomic E-state index is -1.32. The van der Waals surface area contributed by atoms with E-state index in [9.17, 15) is 34.5 Å². The molecule has 4 atom stereocenters. The van der Waals surface area contributed by atoms with Gasteiger partial charge in [0.2, 0.25) is 0 Å². The quantitative estimate of drug-likeness (QED) is 0.153. The van der Waals surface area contributed by atoms with Gasteiger partial charge in [-0.3, -0.25) is 14.6 Å². The Hall–Kier alpha value is -5.30. The van der Waals surface area contributed by atoms with Crippen molar-refractivity contribution in [3.63, 3.8) is 0 Å². The second kappa shape index (κ2) is 15.5. The fraction of sp³-hybridized carbons (Fsp3) is 0.436. The molecule has 0 spiro atoms. The zero-order valence-electron chi connectivity index (χ0n) is 30.4. The molecule has 3 aliphatic heterocycles. The van der Waals surface area contributed by atoms with E-state index >= 15 is 0 Å². The fourth-order valence-electron chi connectivity index (χ4n) is 7.71. The van der Waals surface area contributed by atoms with Crippen molar-refractivity contribution in [3.05, 3.63) is 73.3 Å². The third-order valence-corrected chi connectivity index (χ3v) is 10.7. The van der Waals surface area contributed by atoms with E-state index in [1.807, 2.05) is 33.8 Å². The maximum atomic E-state index is 14.5. The van der Waals surface area contributed by atoms with E-state index < -0.39 is 41.8 Å². The number of carbonyl (C=O) groups excluding carboxylic acids is 1. The average Bonchev–Trinajstić information content (AvgIpc) is 3.76. The number of amides is 1. The van der Waals surface area contributed by atoms with E-state index in [1.54, 1.807) is 19.1 Å². The molecule has 2 aromatic heterocycles. The molecule has 276 valence electrons. The highest BCUT2D eigenvalue weighted by molar-refractivity contribution is 6.30. The molecule has 0 saturated carbocycles. The second-order valence-corrected chi connectivity index (χ2v) is 13.8. The van der Waals surface area contributed by atoms with E-state index in [-0.39, 0.29) is 47.7 Å². The summed E-state index contributed by atoms with van der Waals surface area (Å²) in [6, 6.07) is -1.73. The van der Waals surface area contributed by atoms with Crippen LogP contribution >= 0.6 is 0 Å². The van der Waals surface area contributed by atoms with E-state index in [0.29, 0.717) is 43.5 Å². The minimum absolute atomic E-state index is 0.100. The lowest BCUT2D eigenvalue weighted by atomic mass is 9.80. The monoisotopic (exact) mass is 712 g/mol. The summed E-state index contributed by atoms with van der Waals surface area (Å²) in [6.45, 7) is 14.0. The van der Waals surface area contributed by atoms with Gasteiger partial charge < -0.3 is 36.3 Å². The van der Waals surface area contributed by atoms with Gasteiger partial charge in [-0.2, -0.15) is 0 Å². The Morgan fingerprint density at radius 2 is 1.79 bits per heavy atom. The maximum absolute atomic E-state index is 14.5. The Morgan fingerprint density at radius 3 is 2.40 bits per heavy atom. The van der Waals surface area contributed by atoms with Crippen LogP contribution in [0.2, 0.25) is 0 Å². The number of aliphatic carboxylic acids is 3. The number of nitrogens with two attached hydrogens (primary N) is 1. The lowest BCUT2D eigenvalue weighted by Gasteiger charge is -2.23. The van der Waals surface area contributed by atoms with Crippen LogP contribution in [0.1, 0.15) is 86.5 Å². The number of aliphatic imine (C=N–C) groups is 2. The van der Waals surface area contributed by atoms with Crippen LogP contribution < -0.4 is 21.7 Å². The van der Waals surface area contributed by atoms with Gasteiger partial charge in [-0.05, 0) is 99.8 Å². The molecule has 0 aliphatic carbocycles. The number of nitrogens with one attached hydrogen (secondary N) is 3. The van der Waals surface area contributed by atoms with E-state index in [0.717, 1.165) is 44.3 Å². The summed E-state index contributed by atoms with van der Waals surface area (Å²) in [6.07, 6.45) is 7.68. The summed E-state index contributed by atoms with van der Waals surface area (Å²) < 4.78 is 0. The number of aromatic amines is 2. The number of fused-ring (bicyclic) bond motifs is 6. The predicted molar refractivity (Wildman–Crippen MR) is 200 cm³/mol. The van der Waals surface area contributed by atoms with Crippen LogP contribution in [0.3, 0.4) is 0 Å². The van der Waals surface area contributed by atoms with Gasteiger partial charge >= 0.3 is 17.9 Å². The van der Waals surface area contributed by atoms with Crippen molar-refractivity contribution in [2.75, 3.05) is 6.54 Å². The Morgan fingerprint density at radius 1 is 1.06 bits per heavy atom. The fourth-order valence-corrected chi connectivity index (χ4v) is 7.71. The van der Waals surface area contributed by atoms with Crippen LogP contribution in [-0.2, 0) is 32.0 Å². The molecule has 5 rings (SSSR count). The maximum Gasteiger partial charge on any atom is 0.338 e. The van der Waals surface area contributed by atoms with Crippen LogP contribution in [-0.4, -0.2) is 79.2 Å². The van der Waals surface area contributed by atoms with Crippen LogP contribution in [0.15, 0.2) is 39.0 Å². The van der Waals surface area contributed by atoms with Crippen molar-refractivity contribution in [1.82, 2.24) is 15.3 Å². The molecule has 0 radical (unpaired) electrons. The van der Waals surface area contributed by atoms with Gasteiger partial charge in [0.05, 0.1) is 34.3 Å². The number of unbranched alkanes of at least 4 members (excludes halogenated alkanes) is 1. The number of carboxylic acids is 3. The molecule has 0 saturated heterocycles. The van der Waals surface area contributed by atoms with Gasteiger partial charge in [0, 0.05) is 46.4 Å². The third kappa shape index (κ3) is 7.22. The van der Waals surface area contributed by atoms with Gasteiger partial charge in [-0.1, -0.05) is 26.5 Å². The summed E-state index contributed by atoms with van der Waals surface area (Å²) in [5.74, 6) is -5.29. The standard InChI is InChI=1S/C39H48N6O7/c1-7-22-18(3)26-15-28-20(5)24(12-13-32(46)47)35(43-28)34(37(48)45-25(38(49)50)11-9-10-14-40)36-33(39(51)52)21(6)29(44-36)17-31-23(8-2)19(4)27(42-31)16-30(22)41-26/h7,16-17,20,24-25,28,41-42H,1,8-15,40H2,2-6H3,(H,45,48)(H,46,47)(H,49,50)(H,51,52)/b27-16-,31-17-,36-34+/t20-,24-,25?,28?/m0/s1. The lowest BCUT2D eigenvalue weighted by Crippen LogP contribution is -2.43. The second-order valence-electron chi connectivity index (χ2n) is 13.8. The third-order valence-electron chi connectivity index (χ3n) is 10.7. The van der Waals surface area contributed by atoms with Gasteiger partial charge in [0.1, 0.15) is 6.04 Å². The van der Waals surface area contributed by atoms with Crippen molar-refractivity contribution < 1.29 is 34.5 Å². The summed E-state index contributed by atoms with van der Waals surface area (Å²) in [5, 5.41) is 34.7. The first kappa shape index (κ1) is 37.9. The van der Waals surface area contributed by atoms with Crippen LogP contribution in [0.4, 0.5) is 0 Å². The predicted octanol–water partition coefficient (Wildman–Crippen LogP) is 3.08. The van der Waals surface area contributed by atoms with Crippen LogP contribution in [0.5, 0.6) is 0 Å². The Labute approximate surface area is 301 Å². The molecule has 13 nitrogen and oxygen atoms in total. The normalized spacial score (nSPS) is 22.8. The highest BCUT2D eigenvalue weighted by Crippen LogP contribution is 2.40. The number of aromatic nitrogens is 2. The number of carboxylic acid groups (broad SMARTS) is 3. The van der Waals surface area contributed by atoms with E-state index in [2.05, 4.69) is 21.9 Å². The number of H-pyrrole nitrogens is 2. The van der Waals surface area contributed by atoms with E-state index in [4.69, 9.17) is 15.7 Å². The van der Waals surface area contributed by atoms with Crippen molar-refractivity contribution >= 4 is 53.5 Å². The van der Waals surface area contributed by atoms with Crippen LogP contribution in [0.25, 0.3) is 18.2 Å². The molecule has 8 bridgehead atoms. The number of allylic oxidation sites excluding steroid dienone is 1. The van der Waals surface area contributed by atoms with E-state index in [1.165, 1.54) is 0 Å². The molecule has 2 aromatic rings. The minimum Gasteiger partial charge on any atom is -0.481 e. The van der Waals surface area contributed by atoms with Gasteiger partial charge in [-0.25, -0.2) is 14.6 Å². The SMILES string of the molecule is C=Cc1c2[nH]c(c1C)CC1N=C(/C(C(=O)NC(CCCCN)C(=O)O)=C3N=C(/C=c4\[nH]/c(c(C)c4CC)=C\2)C(C)=C\3C(=O)O)[C@@H](CCC(=O)O)[C@@H]1C. The largest absolute Gasteiger partial charge is 0.481 e. The molecule has 52 heavy (non-hydrogen) atoms. The number of hydrogen-bond acceptors (Lipinski definition) is 7. The molecule has 8 N–H and O–H groups in total. The van der Waals surface area contributed by atoms with Crippen molar-refractivity contribution in [1.29, 1.82) is 0 Å². The van der Waals surface area contributed by atoms with Crippen molar-refractivity contribution in [2.45, 2.75) is 91.6 Å². The molecule has 2 unspecified atom stereocenters. The first-order valence-electron chi connectivity index (χ1n) is 17.8. The Balaban J connectivity index is 1.86. The summed E-state index contributed by atoms with van der Waals surface area (Å²) in [5.41, 5.74) is 11.7. The average molecular weight is 713 g/mol. The molecule has 0 fully saturated rings. The highest BCUT2D eigenvalue weighted by Gasteiger charge is 2.43. The first-order valence-corrected chi connectivity index (χ1v) is 17.8. The Bertz CT molecular complexity index is 2090. The number of nitrogens with zero attached hydrogens (tertiary/aromatic N) is 2. The summed E-state index contributed by atoms with van der Waals surface area (Å²) >= 11 is 0. The smallest absolute Gasteiger partial charge is 0.338 e. The van der Waals surface area contributed by atoms with Crippen LogP contribution in [0, 0.1) is 25.7 Å². The van der Waals surface area contributed by atoms with Gasteiger partial charge in [0.15, 0.2) is 0 Å². The number of carbonyl (C=O) groups is 4. The molecule has 13 heteroatoms.